The minimum Gasteiger partial charge on any atom is -0.335 e. The summed E-state index contributed by atoms with van der Waals surface area (Å²) < 4.78 is 3.70. The number of hydrogen-bond acceptors (Lipinski definition) is 3. The minimum absolute atomic E-state index is 0.572. The maximum absolute atomic E-state index is 6.98. The van der Waals surface area contributed by atoms with E-state index in [4.69, 9.17) is 11.6 Å². The summed E-state index contributed by atoms with van der Waals surface area (Å²) in [5.41, 5.74) is 5.07. The van der Waals surface area contributed by atoms with Crippen LogP contribution < -0.4 is 9.47 Å². The molecule has 1 aliphatic carbocycles. The number of aromatic nitrogens is 1. The molecule has 0 spiro atoms. The molecule has 2 aliphatic rings. The lowest BCUT2D eigenvalue weighted by molar-refractivity contribution is -0.665. The summed E-state index contributed by atoms with van der Waals surface area (Å²) in [6.45, 7) is 8.65. The number of para-hydroxylation sites is 2. The first-order valence-corrected chi connectivity index (χ1v) is 14.0. The van der Waals surface area contributed by atoms with Crippen molar-refractivity contribution in [1.29, 1.82) is 0 Å². The van der Waals surface area contributed by atoms with Crippen molar-refractivity contribution in [3.8, 4) is 0 Å². The fourth-order valence-corrected chi connectivity index (χ4v) is 7.38. The molecule has 2 heterocycles. The summed E-state index contributed by atoms with van der Waals surface area (Å²) in [4.78, 5) is 3.70. The first-order valence-electron chi connectivity index (χ1n) is 12.0. The molecule has 0 radical (unpaired) electrons. The molecule has 1 atom stereocenters. The third-order valence-electron chi connectivity index (χ3n) is 6.46. The normalized spacial score (nSPS) is 20.9. The second kappa shape index (κ2) is 10.2. The van der Waals surface area contributed by atoms with Crippen LogP contribution in [0.1, 0.15) is 38.6 Å². The van der Waals surface area contributed by atoms with Gasteiger partial charge in [0.15, 0.2) is 0 Å². The zero-order chi connectivity index (χ0) is 23.7. The molecule has 1 aromatic heterocycles. The van der Waals surface area contributed by atoms with Crippen molar-refractivity contribution >= 4 is 56.7 Å². The van der Waals surface area contributed by atoms with E-state index in [1.807, 2.05) is 23.1 Å². The lowest BCUT2D eigenvalue weighted by atomic mass is 9.86. The van der Waals surface area contributed by atoms with Gasteiger partial charge < -0.3 is 4.90 Å². The second-order valence-electron chi connectivity index (χ2n) is 8.85. The fraction of sp³-hybridized carbons (Fsp3) is 0.276. The van der Waals surface area contributed by atoms with Crippen molar-refractivity contribution in [3.63, 3.8) is 0 Å². The van der Waals surface area contributed by atoms with E-state index in [0.29, 0.717) is 5.92 Å². The largest absolute Gasteiger partial charge is 0.335 e. The summed E-state index contributed by atoms with van der Waals surface area (Å²) in [6.07, 6.45) is 11.0. The van der Waals surface area contributed by atoms with E-state index in [0.717, 1.165) is 31.0 Å². The zero-order valence-corrected chi connectivity index (χ0v) is 22.3. The molecule has 2 nitrogen and oxygen atoms in total. The van der Waals surface area contributed by atoms with Crippen LogP contribution in [0.5, 0.6) is 0 Å². The smallest absolute Gasteiger partial charge is 0.262 e. The lowest BCUT2D eigenvalue weighted by Gasteiger charge is -2.23. The first-order chi connectivity index (χ1) is 16.6. The van der Waals surface area contributed by atoms with E-state index in [-0.39, 0.29) is 0 Å². The number of hydrogen-bond donors (Lipinski definition) is 0. The van der Waals surface area contributed by atoms with Gasteiger partial charge in [0, 0.05) is 28.6 Å². The molecule has 34 heavy (non-hydrogen) atoms. The number of benzene rings is 2. The highest BCUT2D eigenvalue weighted by atomic mass is 35.5. The molecule has 2 aromatic carbocycles. The Labute approximate surface area is 215 Å². The number of aryl methyl sites for hydroxylation is 1. The van der Waals surface area contributed by atoms with Crippen molar-refractivity contribution in [2.45, 2.75) is 45.1 Å². The standard InChI is InChI=1S/C29H30ClN2S2/c1-4-31-23-10-6-8-12-25(23)33-27(31)16-14-21-18-20(3)19-22(29(21)30)15-17-28-32(5-2)24-11-7-9-13-26(24)34-28/h6-17,20H,4-5,18-19H2,1-3H3/q+1. The first kappa shape index (κ1) is 23.5. The van der Waals surface area contributed by atoms with Crippen molar-refractivity contribution in [3.05, 3.63) is 93.0 Å². The van der Waals surface area contributed by atoms with Gasteiger partial charge in [-0.3, -0.25) is 0 Å². The van der Waals surface area contributed by atoms with Gasteiger partial charge >= 0.3 is 0 Å². The molecule has 0 amide bonds. The summed E-state index contributed by atoms with van der Waals surface area (Å²) in [6, 6.07) is 17.3. The van der Waals surface area contributed by atoms with Crippen LogP contribution in [0.2, 0.25) is 0 Å². The molecular weight excluding hydrogens is 476 g/mol. The molecule has 174 valence electrons. The lowest BCUT2D eigenvalue weighted by Crippen LogP contribution is -2.33. The third kappa shape index (κ3) is 4.51. The second-order valence-corrected chi connectivity index (χ2v) is 11.4. The number of anilines is 1. The molecule has 5 heteroatoms. The van der Waals surface area contributed by atoms with Gasteiger partial charge in [-0.05, 0) is 68.0 Å². The molecule has 1 aliphatic heterocycles. The Hall–Kier alpha value is -2.27. The van der Waals surface area contributed by atoms with Crippen molar-refractivity contribution in [2.75, 3.05) is 11.4 Å². The van der Waals surface area contributed by atoms with Crippen LogP contribution in [-0.2, 0) is 6.54 Å². The Morgan fingerprint density at radius 2 is 1.82 bits per heavy atom. The Morgan fingerprint density at radius 3 is 2.65 bits per heavy atom. The molecule has 0 fully saturated rings. The average Bonchev–Trinajstić information content (AvgIpc) is 3.40. The molecule has 0 saturated heterocycles. The number of rotatable bonds is 5. The van der Waals surface area contributed by atoms with Crippen LogP contribution in [0.4, 0.5) is 5.69 Å². The quantitative estimate of drug-likeness (QED) is 0.320. The van der Waals surface area contributed by atoms with E-state index in [2.05, 4.69) is 103 Å². The number of allylic oxidation sites excluding steroid dienone is 6. The molecule has 5 rings (SSSR count). The summed E-state index contributed by atoms with van der Waals surface area (Å²) in [7, 11) is 0. The number of thioether (sulfide) groups is 1. The highest BCUT2D eigenvalue weighted by molar-refractivity contribution is 8.03. The minimum atomic E-state index is 0.572. The summed E-state index contributed by atoms with van der Waals surface area (Å²) in [5.74, 6) is 0.572. The number of thiazole rings is 1. The van der Waals surface area contributed by atoms with Crippen LogP contribution in [0, 0.1) is 5.92 Å². The number of nitrogens with zero attached hydrogens (tertiary/aromatic N) is 2. The van der Waals surface area contributed by atoms with E-state index in [1.165, 1.54) is 42.0 Å². The predicted molar refractivity (Wildman–Crippen MR) is 149 cm³/mol. The van der Waals surface area contributed by atoms with Gasteiger partial charge in [-0.1, -0.05) is 78.0 Å². The van der Waals surface area contributed by atoms with Gasteiger partial charge in [0.2, 0.25) is 5.52 Å². The fourth-order valence-electron chi connectivity index (χ4n) is 4.84. The van der Waals surface area contributed by atoms with Gasteiger partial charge in [0.1, 0.15) is 11.2 Å². The predicted octanol–water partition coefficient (Wildman–Crippen LogP) is 8.54. The van der Waals surface area contributed by atoms with Gasteiger partial charge in [-0.2, -0.15) is 4.57 Å². The van der Waals surface area contributed by atoms with Crippen molar-refractivity contribution in [1.82, 2.24) is 0 Å². The van der Waals surface area contributed by atoms with Crippen LogP contribution in [-0.4, -0.2) is 6.54 Å². The van der Waals surface area contributed by atoms with E-state index in [1.54, 1.807) is 0 Å². The van der Waals surface area contributed by atoms with Gasteiger partial charge in [0.25, 0.3) is 5.01 Å². The van der Waals surface area contributed by atoms with Crippen LogP contribution >= 0.6 is 34.7 Å². The number of fused-ring (bicyclic) bond motifs is 2. The van der Waals surface area contributed by atoms with Crippen LogP contribution in [0.15, 0.2) is 92.9 Å². The topological polar surface area (TPSA) is 7.12 Å². The molecule has 0 bridgehead atoms. The summed E-state index contributed by atoms with van der Waals surface area (Å²) in [5, 5.41) is 3.45. The Kier molecular flexibility index (Phi) is 7.01. The monoisotopic (exact) mass is 505 g/mol. The van der Waals surface area contributed by atoms with Gasteiger partial charge in [-0.15, -0.1) is 0 Å². The highest BCUT2D eigenvalue weighted by Gasteiger charge is 2.24. The Bertz CT molecular complexity index is 1350. The Balaban J connectivity index is 1.45. The third-order valence-corrected chi connectivity index (χ3v) is 9.21. The number of halogens is 1. The Morgan fingerprint density at radius 1 is 1.03 bits per heavy atom. The SMILES string of the molecule is CCN1C(=CC=C2CC(C)CC(C=Cc3sc4ccccc4[n+]3CC)=C2Cl)Sc2ccccc21. The molecule has 1 unspecified atom stereocenters. The summed E-state index contributed by atoms with van der Waals surface area (Å²) >= 11 is 10.7. The molecular formula is C29H30ClN2S2+. The molecule has 3 aromatic rings. The average molecular weight is 506 g/mol. The maximum Gasteiger partial charge on any atom is 0.262 e. The van der Waals surface area contributed by atoms with Crippen LogP contribution in [0.25, 0.3) is 16.3 Å². The van der Waals surface area contributed by atoms with Crippen molar-refractivity contribution in [2.24, 2.45) is 5.92 Å². The molecule has 0 saturated carbocycles. The van der Waals surface area contributed by atoms with Gasteiger partial charge in [0.05, 0.1) is 10.7 Å². The molecule has 0 N–H and O–H groups in total. The van der Waals surface area contributed by atoms with E-state index in [9.17, 15) is 0 Å². The maximum atomic E-state index is 6.98. The van der Waals surface area contributed by atoms with Gasteiger partial charge in [-0.25, -0.2) is 0 Å². The highest BCUT2D eigenvalue weighted by Crippen LogP contribution is 2.46. The van der Waals surface area contributed by atoms with Crippen molar-refractivity contribution < 1.29 is 4.57 Å². The van der Waals surface area contributed by atoms with E-state index < -0.39 is 0 Å². The van der Waals surface area contributed by atoms with Crippen LogP contribution in [0.3, 0.4) is 0 Å². The zero-order valence-electron chi connectivity index (χ0n) is 19.9. The van der Waals surface area contributed by atoms with E-state index >= 15 is 0 Å².